The zero-order valence-electron chi connectivity index (χ0n) is 14.5. The molecule has 4 rings (SSSR count). The third-order valence-electron chi connectivity index (χ3n) is 4.13. The number of aromatic nitrogens is 2. The Balaban J connectivity index is 1.90. The molecular weight excluding hydrogens is 332 g/mol. The van der Waals surface area contributed by atoms with Crippen molar-refractivity contribution in [3.63, 3.8) is 0 Å². The van der Waals surface area contributed by atoms with Crippen molar-refractivity contribution < 1.29 is 0 Å². The number of nitrogens with zero attached hydrogens (tertiary/aromatic N) is 2. The minimum absolute atomic E-state index is 0.149. The Bertz CT molecular complexity index is 1170. The van der Waals surface area contributed by atoms with Gasteiger partial charge in [0.25, 0.3) is 5.56 Å². The summed E-state index contributed by atoms with van der Waals surface area (Å²) in [6.45, 7) is 0. The van der Waals surface area contributed by atoms with E-state index >= 15 is 0 Å². The lowest BCUT2D eigenvalue weighted by Gasteiger charge is -2.09. The number of para-hydroxylation sites is 1. The predicted octanol–water partition coefficient (Wildman–Crippen LogP) is 4.30. The van der Waals surface area contributed by atoms with E-state index in [0.29, 0.717) is 5.56 Å². The van der Waals surface area contributed by atoms with E-state index < -0.39 is 0 Å². The van der Waals surface area contributed by atoms with Crippen LogP contribution in [0.25, 0.3) is 16.9 Å². The first-order chi connectivity index (χ1) is 13.3. The molecule has 0 aliphatic rings. The Morgan fingerprint density at radius 2 is 1.48 bits per heavy atom. The Labute approximate surface area is 157 Å². The van der Waals surface area contributed by atoms with Crippen molar-refractivity contribution in [3.8, 4) is 28.8 Å². The van der Waals surface area contributed by atoms with Gasteiger partial charge in [-0.2, -0.15) is 0 Å². The lowest BCUT2D eigenvalue weighted by Crippen LogP contribution is -2.20. The van der Waals surface area contributed by atoms with Crippen molar-refractivity contribution in [3.05, 3.63) is 119 Å². The lowest BCUT2D eigenvalue weighted by atomic mass is 10.1. The Hall–Kier alpha value is -3.90. The maximum atomic E-state index is 13.0. The van der Waals surface area contributed by atoms with Crippen LogP contribution < -0.4 is 5.56 Å². The van der Waals surface area contributed by atoms with E-state index in [-0.39, 0.29) is 5.56 Å². The lowest BCUT2D eigenvalue weighted by molar-refractivity contribution is 0.984. The molecule has 0 spiro atoms. The predicted molar refractivity (Wildman–Crippen MR) is 108 cm³/mol. The SMILES string of the molecule is O=c1c(C#Cc2ccccc2)cc(-c2ccccn2)cn1-c1ccccc1. The summed E-state index contributed by atoms with van der Waals surface area (Å²) in [4.78, 5) is 17.4. The molecule has 0 saturated carbocycles. The molecule has 27 heavy (non-hydrogen) atoms. The maximum Gasteiger partial charge on any atom is 0.270 e. The quantitative estimate of drug-likeness (QED) is 0.506. The second kappa shape index (κ2) is 7.55. The summed E-state index contributed by atoms with van der Waals surface area (Å²) in [6.07, 6.45) is 3.55. The largest absolute Gasteiger partial charge is 0.283 e. The van der Waals surface area contributed by atoms with Crippen molar-refractivity contribution in [2.45, 2.75) is 0 Å². The molecule has 0 unspecified atom stereocenters. The molecule has 128 valence electrons. The van der Waals surface area contributed by atoms with Gasteiger partial charge >= 0.3 is 0 Å². The van der Waals surface area contributed by atoms with Crippen LogP contribution in [0.3, 0.4) is 0 Å². The van der Waals surface area contributed by atoms with Crippen molar-refractivity contribution in [2.75, 3.05) is 0 Å². The van der Waals surface area contributed by atoms with E-state index in [1.165, 1.54) is 0 Å². The zero-order chi connectivity index (χ0) is 18.5. The molecule has 0 bridgehead atoms. The van der Waals surface area contributed by atoms with Gasteiger partial charge in [-0.1, -0.05) is 54.3 Å². The van der Waals surface area contributed by atoms with Gasteiger partial charge in [0.15, 0.2) is 0 Å². The number of benzene rings is 2. The second-order valence-electron chi connectivity index (χ2n) is 5.98. The summed E-state index contributed by atoms with van der Waals surface area (Å²) in [5.74, 6) is 6.11. The van der Waals surface area contributed by atoms with Crippen molar-refractivity contribution in [2.24, 2.45) is 0 Å². The molecule has 0 radical (unpaired) electrons. The van der Waals surface area contributed by atoms with Gasteiger partial charge in [0.2, 0.25) is 0 Å². The molecular formula is C24H16N2O. The van der Waals surface area contributed by atoms with E-state index in [1.807, 2.05) is 85.1 Å². The van der Waals surface area contributed by atoms with E-state index in [4.69, 9.17) is 0 Å². The van der Waals surface area contributed by atoms with Crippen LogP contribution in [0.4, 0.5) is 0 Å². The molecule has 3 nitrogen and oxygen atoms in total. The first-order valence-electron chi connectivity index (χ1n) is 8.62. The van der Waals surface area contributed by atoms with Gasteiger partial charge in [-0.3, -0.25) is 14.3 Å². The third kappa shape index (κ3) is 3.70. The molecule has 2 heterocycles. The molecule has 0 aliphatic carbocycles. The maximum absolute atomic E-state index is 13.0. The van der Waals surface area contributed by atoms with E-state index in [1.54, 1.807) is 16.8 Å². The molecule has 0 saturated heterocycles. The molecule has 2 aromatic heterocycles. The van der Waals surface area contributed by atoms with Crippen LogP contribution in [0.15, 0.2) is 102 Å². The standard InChI is InChI=1S/C24H16N2O/c27-24-20(15-14-19-9-3-1-4-10-19)17-21(23-13-7-8-16-25-23)18-26(24)22-11-5-2-6-12-22/h1-13,16-18H. The second-order valence-corrected chi connectivity index (χ2v) is 5.98. The molecule has 0 fully saturated rings. The normalized spacial score (nSPS) is 10.1. The highest BCUT2D eigenvalue weighted by Crippen LogP contribution is 2.18. The van der Waals surface area contributed by atoms with Gasteiger partial charge in [-0.15, -0.1) is 0 Å². The molecule has 0 atom stereocenters. The average molecular weight is 348 g/mol. The van der Waals surface area contributed by atoms with Crippen molar-refractivity contribution >= 4 is 0 Å². The fourth-order valence-corrected chi connectivity index (χ4v) is 2.79. The first kappa shape index (κ1) is 16.6. The smallest absolute Gasteiger partial charge is 0.270 e. The van der Waals surface area contributed by atoms with E-state index in [9.17, 15) is 4.79 Å². The molecule has 0 aliphatic heterocycles. The molecule has 2 aromatic carbocycles. The summed E-state index contributed by atoms with van der Waals surface area (Å²) < 4.78 is 1.62. The molecule has 3 heteroatoms. The summed E-state index contributed by atoms with van der Waals surface area (Å²) in [6, 6.07) is 26.7. The van der Waals surface area contributed by atoms with Gasteiger partial charge < -0.3 is 0 Å². The molecule has 4 aromatic rings. The third-order valence-corrected chi connectivity index (χ3v) is 4.13. The molecule has 0 N–H and O–H groups in total. The van der Waals surface area contributed by atoms with Crippen LogP contribution in [0.5, 0.6) is 0 Å². The summed E-state index contributed by atoms with van der Waals surface area (Å²) in [7, 11) is 0. The first-order valence-corrected chi connectivity index (χ1v) is 8.62. The van der Waals surface area contributed by atoms with Crippen LogP contribution in [-0.2, 0) is 0 Å². The number of pyridine rings is 2. The van der Waals surface area contributed by atoms with Crippen LogP contribution in [0.2, 0.25) is 0 Å². The van der Waals surface area contributed by atoms with Crippen LogP contribution in [-0.4, -0.2) is 9.55 Å². The summed E-state index contributed by atoms with van der Waals surface area (Å²) in [5.41, 5.74) is 3.59. The van der Waals surface area contributed by atoms with Crippen LogP contribution >= 0.6 is 0 Å². The van der Waals surface area contributed by atoms with Gasteiger partial charge in [0.1, 0.15) is 0 Å². The summed E-state index contributed by atoms with van der Waals surface area (Å²) in [5, 5.41) is 0. The fourth-order valence-electron chi connectivity index (χ4n) is 2.79. The van der Waals surface area contributed by atoms with Gasteiger partial charge in [-0.05, 0) is 42.5 Å². The van der Waals surface area contributed by atoms with Crippen LogP contribution in [0.1, 0.15) is 11.1 Å². The Kier molecular flexibility index (Phi) is 4.63. The van der Waals surface area contributed by atoms with Crippen LogP contribution in [0, 0.1) is 11.8 Å². The highest BCUT2D eigenvalue weighted by molar-refractivity contribution is 5.61. The molecule has 0 amide bonds. The Morgan fingerprint density at radius 1 is 0.778 bits per heavy atom. The summed E-state index contributed by atoms with van der Waals surface area (Å²) >= 11 is 0. The number of hydrogen-bond acceptors (Lipinski definition) is 2. The van der Waals surface area contributed by atoms with E-state index in [2.05, 4.69) is 16.8 Å². The van der Waals surface area contributed by atoms with Crippen molar-refractivity contribution in [1.29, 1.82) is 0 Å². The van der Waals surface area contributed by atoms with Gasteiger partial charge in [0, 0.05) is 29.2 Å². The minimum atomic E-state index is -0.149. The number of hydrogen-bond donors (Lipinski definition) is 0. The van der Waals surface area contributed by atoms with Crippen molar-refractivity contribution in [1.82, 2.24) is 9.55 Å². The van der Waals surface area contributed by atoms with Gasteiger partial charge in [-0.25, -0.2) is 0 Å². The fraction of sp³-hybridized carbons (Fsp3) is 0. The Morgan fingerprint density at radius 3 is 2.19 bits per heavy atom. The number of rotatable bonds is 2. The monoisotopic (exact) mass is 348 g/mol. The van der Waals surface area contributed by atoms with E-state index in [0.717, 1.165) is 22.5 Å². The zero-order valence-corrected chi connectivity index (χ0v) is 14.5. The van der Waals surface area contributed by atoms with Gasteiger partial charge in [0.05, 0.1) is 11.3 Å². The minimum Gasteiger partial charge on any atom is -0.283 e. The average Bonchev–Trinajstić information content (AvgIpc) is 2.75. The topological polar surface area (TPSA) is 34.9 Å². The highest BCUT2D eigenvalue weighted by Gasteiger charge is 2.09. The highest BCUT2D eigenvalue weighted by atomic mass is 16.1.